The molecule has 1 fully saturated rings. The molecule has 1 saturated heterocycles. The second-order valence-corrected chi connectivity index (χ2v) is 6.58. The highest BCUT2D eigenvalue weighted by molar-refractivity contribution is 5.77. The van der Waals surface area contributed by atoms with E-state index in [1.165, 1.54) is 17.0 Å². The first-order chi connectivity index (χ1) is 13.7. The van der Waals surface area contributed by atoms with Crippen LogP contribution >= 0.6 is 0 Å². The van der Waals surface area contributed by atoms with E-state index in [0.717, 1.165) is 18.7 Å². The normalized spacial score (nSPS) is 15.4. The molecule has 0 radical (unpaired) electrons. The zero-order valence-corrected chi connectivity index (χ0v) is 15.5. The van der Waals surface area contributed by atoms with Crippen LogP contribution in [0.4, 0.5) is 4.39 Å². The van der Waals surface area contributed by atoms with Crippen LogP contribution in [0.15, 0.2) is 48.5 Å². The number of quaternary nitrogens is 1. The van der Waals surface area contributed by atoms with Crippen LogP contribution in [0, 0.1) is 17.1 Å². The van der Waals surface area contributed by atoms with Gasteiger partial charge in [0.25, 0.3) is 5.91 Å². The van der Waals surface area contributed by atoms with Crippen LogP contribution < -0.4 is 15.0 Å². The molecule has 0 aliphatic carbocycles. The maximum Gasteiger partial charge on any atom is 0.258 e. The summed E-state index contributed by atoms with van der Waals surface area (Å²) >= 11 is 0. The average molecular weight is 384 g/mol. The standard InChI is InChI=1S/C21H22FN3O3/c22-18-7-5-16(6-8-18)19(25-9-11-27-12-10-25)14-24-21(26)15-28-20-4-2-1-3-17(20)13-23/h1-8,19H,9-12,14-15H2,(H,24,26)/p+1/t19-/m1/s1. The SMILES string of the molecule is N#Cc1ccccc1OCC(=O)NC[C@H](c1ccc(F)cc1)[NH+]1CCOCC1. The van der Waals surface area contributed by atoms with Gasteiger partial charge in [-0.2, -0.15) is 5.26 Å². The third kappa shape index (κ3) is 5.28. The number of rotatable bonds is 7. The van der Waals surface area contributed by atoms with E-state index in [1.807, 2.05) is 6.07 Å². The van der Waals surface area contributed by atoms with Gasteiger partial charge in [0.15, 0.2) is 6.61 Å². The number of hydrogen-bond acceptors (Lipinski definition) is 4. The van der Waals surface area contributed by atoms with Crippen LogP contribution in [0.3, 0.4) is 0 Å². The molecule has 1 aliphatic rings. The number of para-hydroxylation sites is 1. The van der Waals surface area contributed by atoms with Gasteiger partial charge in [-0.05, 0) is 24.3 Å². The lowest BCUT2D eigenvalue weighted by Crippen LogP contribution is -3.15. The number of amides is 1. The number of nitrogens with zero attached hydrogens (tertiary/aromatic N) is 1. The predicted molar refractivity (Wildman–Crippen MR) is 100 cm³/mol. The fraction of sp³-hybridized carbons (Fsp3) is 0.333. The van der Waals surface area contributed by atoms with Gasteiger partial charge in [-0.1, -0.05) is 24.3 Å². The van der Waals surface area contributed by atoms with E-state index in [4.69, 9.17) is 14.7 Å². The van der Waals surface area contributed by atoms with E-state index in [0.29, 0.717) is 31.1 Å². The first-order valence-corrected chi connectivity index (χ1v) is 9.24. The lowest BCUT2D eigenvalue weighted by atomic mass is 10.0. The number of hydrogen-bond donors (Lipinski definition) is 2. The van der Waals surface area contributed by atoms with Crippen LogP contribution in [0.2, 0.25) is 0 Å². The lowest BCUT2D eigenvalue weighted by molar-refractivity contribution is -0.937. The Morgan fingerprint density at radius 1 is 1.21 bits per heavy atom. The summed E-state index contributed by atoms with van der Waals surface area (Å²) in [6.45, 7) is 3.20. The fourth-order valence-corrected chi connectivity index (χ4v) is 3.27. The summed E-state index contributed by atoms with van der Waals surface area (Å²) < 4.78 is 24.2. The number of nitrogens with one attached hydrogen (secondary N) is 2. The quantitative estimate of drug-likeness (QED) is 0.742. The molecule has 1 atom stereocenters. The summed E-state index contributed by atoms with van der Waals surface area (Å²) in [7, 11) is 0. The molecule has 0 spiro atoms. The molecule has 7 heteroatoms. The minimum atomic E-state index is -0.284. The minimum absolute atomic E-state index is 0.000144. The highest BCUT2D eigenvalue weighted by Crippen LogP contribution is 2.16. The Labute approximate surface area is 163 Å². The molecule has 6 nitrogen and oxygen atoms in total. The van der Waals surface area contributed by atoms with Gasteiger partial charge in [-0.25, -0.2) is 4.39 Å². The molecule has 3 rings (SSSR count). The van der Waals surface area contributed by atoms with Gasteiger partial charge < -0.3 is 19.7 Å². The van der Waals surface area contributed by atoms with E-state index in [-0.39, 0.29) is 24.4 Å². The van der Waals surface area contributed by atoms with Crippen molar-refractivity contribution in [3.05, 3.63) is 65.5 Å². The highest BCUT2D eigenvalue weighted by atomic mass is 19.1. The molecule has 1 heterocycles. The number of halogens is 1. The van der Waals surface area contributed by atoms with Crippen molar-refractivity contribution in [3.63, 3.8) is 0 Å². The second kappa shape index (κ2) is 9.83. The van der Waals surface area contributed by atoms with Crippen LogP contribution in [0.25, 0.3) is 0 Å². The third-order valence-corrected chi connectivity index (χ3v) is 4.77. The Morgan fingerprint density at radius 2 is 1.93 bits per heavy atom. The maximum absolute atomic E-state index is 13.3. The zero-order chi connectivity index (χ0) is 19.8. The number of morpholine rings is 1. The molecule has 1 amide bonds. The Balaban J connectivity index is 1.60. The van der Waals surface area contributed by atoms with Gasteiger partial charge >= 0.3 is 0 Å². The molecule has 1 aliphatic heterocycles. The monoisotopic (exact) mass is 384 g/mol. The van der Waals surface area contributed by atoms with E-state index in [1.54, 1.807) is 36.4 Å². The second-order valence-electron chi connectivity index (χ2n) is 6.58. The molecule has 0 aromatic heterocycles. The van der Waals surface area contributed by atoms with Crippen molar-refractivity contribution in [2.45, 2.75) is 6.04 Å². The summed E-state index contributed by atoms with van der Waals surface area (Å²) in [6, 6.07) is 15.2. The Kier molecular flexibility index (Phi) is 6.95. The van der Waals surface area contributed by atoms with Gasteiger partial charge in [0.05, 0.1) is 25.3 Å². The molecule has 2 aromatic carbocycles. The number of ether oxygens (including phenoxy) is 2. The summed E-state index contributed by atoms with van der Waals surface area (Å²) in [5, 5.41) is 12.0. The molecule has 2 aromatic rings. The van der Waals surface area contributed by atoms with Gasteiger partial charge in [-0.15, -0.1) is 0 Å². The van der Waals surface area contributed by atoms with Gasteiger partial charge in [0.2, 0.25) is 0 Å². The molecule has 0 unspecified atom stereocenters. The summed E-state index contributed by atoms with van der Waals surface area (Å²) in [5.74, 6) is -0.172. The van der Waals surface area contributed by atoms with E-state index in [9.17, 15) is 9.18 Å². The Bertz CT molecular complexity index is 830. The molecular formula is C21H23FN3O3+. The van der Waals surface area contributed by atoms with Gasteiger partial charge in [0, 0.05) is 5.56 Å². The summed E-state index contributed by atoms with van der Waals surface area (Å²) in [4.78, 5) is 13.6. The number of carbonyl (C=O) groups excluding carboxylic acids is 1. The molecule has 0 bridgehead atoms. The van der Waals surface area contributed by atoms with E-state index in [2.05, 4.69) is 5.32 Å². The van der Waals surface area contributed by atoms with Crippen LogP contribution in [0.1, 0.15) is 17.2 Å². The van der Waals surface area contributed by atoms with Crippen molar-refractivity contribution in [1.82, 2.24) is 5.32 Å². The number of benzene rings is 2. The van der Waals surface area contributed by atoms with Crippen LogP contribution in [-0.2, 0) is 9.53 Å². The van der Waals surface area contributed by atoms with Crippen molar-refractivity contribution in [3.8, 4) is 11.8 Å². The van der Waals surface area contributed by atoms with Crippen LogP contribution in [-0.4, -0.2) is 45.4 Å². The van der Waals surface area contributed by atoms with Crippen molar-refractivity contribution in [1.29, 1.82) is 5.26 Å². The van der Waals surface area contributed by atoms with Crippen molar-refractivity contribution in [2.24, 2.45) is 0 Å². The highest BCUT2D eigenvalue weighted by Gasteiger charge is 2.27. The lowest BCUT2D eigenvalue weighted by Gasteiger charge is -2.32. The fourth-order valence-electron chi connectivity index (χ4n) is 3.27. The first kappa shape index (κ1) is 19.8. The van der Waals surface area contributed by atoms with Crippen molar-refractivity contribution in [2.75, 3.05) is 39.5 Å². The third-order valence-electron chi connectivity index (χ3n) is 4.77. The molecule has 146 valence electrons. The van der Waals surface area contributed by atoms with Crippen molar-refractivity contribution >= 4 is 5.91 Å². The predicted octanol–water partition coefficient (Wildman–Crippen LogP) is 0.849. The summed E-state index contributed by atoms with van der Waals surface area (Å²) in [6.07, 6.45) is 0. The van der Waals surface area contributed by atoms with E-state index >= 15 is 0 Å². The maximum atomic E-state index is 13.3. The molecule has 2 N–H and O–H groups in total. The smallest absolute Gasteiger partial charge is 0.258 e. The van der Waals surface area contributed by atoms with Crippen LogP contribution in [0.5, 0.6) is 5.75 Å². The largest absolute Gasteiger partial charge is 0.482 e. The average Bonchev–Trinajstić information content (AvgIpc) is 2.74. The van der Waals surface area contributed by atoms with Gasteiger partial charge in [-0.3, -0.25) is 4.79 Å². The minimum Gasteiger partial charge on any atom is -0.482 e. The topological polar surface area (TPSA) is 75.8 Å². The number of carbonyl (C=O) groups is 1. The first-order valence-electron chi connectivity index (χ1n) is 9.24. The number of nitriles is 1. The molecule has 0 saturated carbocycles. The van der Waals surface area contributed by atoms with E-state index < -0.39 is 0 Å². The Hall–Kier alpha value is -2.95. The Morgan fingerprint density at radius 3 is 2.64 bits per heavy atom. The van der Waals surface area contributed by atoms with Gasteiger partial charge in [0.1, 0.15) is 36.8 Å². The molecular weight excluding hydrogens is 361 g/mol. The summed E-state index contributed by atoms with van der Waals surface area (Å²) in [5.41, 5.74) is 1.35. The zero-order valence-electron chi connectivity index (χ0n) is 15.5. The molecule has 28 heavy (non-hydrogen) atoms. The van der Waals surface area contributed by atoms with Crippen molar-refractivity contribution < 1.29 is 23.6 Å².